The van der Waals surface area contributed by atoms with Crippen LogP contribution in [0.25, 0.3) is 0 Å². The molecular formula is C35H45NO11. The number of phenols is 1. The van der Waals surface area contributed by atoms with Crippen molar-refractivity contribution in [1.29, 1.82) is 0 Å². The number of aliphatic hydroxyl groups is 3. The van der Waals surface area contributed by atoms with Gasteiger partial charge in [0.1, 0.15) is 11.5 Å². The Balaban J connectivity index is 1.82. The molecule has 5 rings (SSSR count). The monoisotopic (exact) mass is 655 g/mol. The van der Waals surface area contributed by atoms with Crippen molar-refractivity contribution in [3.8, 4) is 11.5 Å². The Morgan fingerprint density at radius 2 is 1.51 bits per heavy atom. The van der Waals surface area contributed by atoms with Crippen LogP contribution >= 0.6 is 0 Å². The van der Waals surface area contributed by atoms with Gasteiger partial charge in [-0.1, -0.05) is 45.9 Å². The van der Waals surface area contributed by atoms with Gasteiger partial charge in [0.15, 0.2) is 5.78 Å². The van der Waals surface area contributed by atoms with Gasteiger partial charge >= 0.3 is 0 Å². The van der Waals surface area contributed by atoms with Crippen LogP contribution in [0.15, 0.2) is 47.9 Å². The predicted molar refractivity (Wildman–Crippen MR) is 170 cm³/mol. The van der Waals surface area contributed by atoms with Crippen molar-refractivity contribution in [2.45, 2.75) is 85.5 Å². The van der Waals surface area contributed by atoms with Gasteiger partial charge in [0.05, 0.1) is 53.1 Å². The molecule has 256 valence electrons. The molecule has 0 aromatic heterocycles. The molecule has 1 aromatic carbocycles. The Morgan fingerprint density at radius 1 is 0.872 bits per heavy atom. The van der Waals surface area contributed by atoms with Crippen LogP contribution in [-0.2, 0) is 19.0 Å². The van der Waals surface area contributed by atoms with E-state index in [-0.39, 0.29) is 39.3 Å². The average Bonchev–Trinajstić information content (AvgIpc) is 3.04. The number of hydrogen-bond acceptors (Lipinski definition) is 11. The maximum atomic E-state index is 13.7. The van der Waals surface area contributed by atoms with E-state index >= 15 is 0 Å². The lowest BCUT2D eigenvalue weighted by atomic mass is 9.78. The van der Waals surface area contributed by atoms with E-state index in [4.69, 9.17) is 18.9 Å². The Morgan fingerprint density at radius 3 is 2.17 bits per heavy atom. The molecule has 47 heavy (non-hydrogen) atoms. The van der Waals surface area contributed by atoms with Crippen molar-refractivity contribution in [1.82, 2.24) is 5.32 Å². The van der Waals surface area contributed by atoms with Crippen LogP contribution in [0, 0.1) is 30.6 Å². The molecule has 12 nitrogen and oxygen atoms in total. The maximum absolute atomic E-state index is 13.7. The summed E-state index contributed by atoms with van der Waals surface area (Å²) >= 11 is 0. The highest BCUT2D eigenvalue weighted by Gasteiger charge is 2.42. The van der Waals surface area contributed by atoms with Gasteiger partial charge in [0, 0.05) is 48.0 Å². The van der Waals surface area contributed by atoms with Crippen molar-refractivity contribution < 1.29 is 53.8 Å². The molecule has 12 heteroatoms. The SMILES string of the molecule is CO[C@H]1/C=C/OC2O[C@H](C)Oc3c(C)c(O)c4c(c32)C(=O)C=C(NC(=O)/C(C)=C\C=C\[C@H](C)[C@H](O)[C@@H](C)[C@@H](O)[C@@H](C)[C@H](O)[C@@H]1C)C4=O. The molecule has 3 aliphatic heterocycles. The Bertz CT molecular complexity index is 1530. The first-order chi connectivity index (χ1) is 22.1. The Hall–Kier alpha value is -3.81. The zero-order valence-electron chi connectivity index (χ0n) is 27.9. The van der Waals surface area contributed by atoms with E-state index in [0.717, 1.165) is 6.08 Å². The highest BCUT2D eigenvalue weighted by atomic mass is 16.8. The third kappa shape index (κ3) is 7.07. The molecular weight excluding hydrogens is 610 g/mol. The molecule has 5 N–H and O–H groups in total. The molecule has 4 aliphatic rings. The number of allylic oxidation sites excluding steroid dienone is 4. The molecule has 1 aromatic rings. The van der Waals surface area contributed by atoms with Crippen molar-refractivity contribution in [3.05, 3.63) is 70.2 Å². The van der Waals surface area contributed by atoms with Gasteiger partial charge in [-0.2, -0.15) is 0 Å². The number of Topliss-reactive ketones (excluding diaryl/α,β-unsaturated/α-hetero) is 1. The smallest absolute Gasteiger partial charge is 0.251 e. The molecule has 10 atom stereocenters. The first kappa shape index (κ1) is 36.0. The van der Waals surface area contributed by atoms with Gasteiger partial charge in [-0.15, -0.1) is 0 Å². The number of hydrogen-bond donors (Lipinski definition) is 5. The number of phenolic OH excluding ortho intramolecular Hbond substituents is 1. The van der Waals surface area contributed by atoms with Crippen LogP contribution < -0.4 is 10.1 Å². The third-order valence-corrected chi connectivity index (χ3v) is 9.39. The molecule has 3 heterocycles. The van der Waals surface area contributed by atoms with Gasteiger partial charge in [-0.3, -0.25) is 19.1 Å². The van der Waals surface area contributed by atoms with Crippen LogP contribution in [0.5, 0.6) is 11.5 Å². The first-order valence-corrected chi connectivity index (χ1v) is 15.7. The number of aromatic hydroxyl groups is 1. The minimum Gasteiger partial charge on any atom is -0.507 e. The van der Waals surface area contributed by atoms with Gasteiger partial charge in [-0.05, 0) is 26.8 Å². The van der Waals surface area contributed by atoms with Gasteiger partial charge in [0.25, 0.3) is 5.91 Å². The normalized spacial score (nSPS) is 36.3. The molecule has 0 fully saturated rings. The number of rotatable bonds is 1. The summed E-state index contributed by atoms with van der Waals surface area (Å²) < 4.78 is 23.3. The summed E-state index contributed by atoms with van der Waals surface area (Å²) in [7, 11) is 1.46. The molecule has 0 saturated carbocycles. The fourth-order valence-corrected chi connectivity index (χ4v) is 6.23. The lowest BCUT2D eigenvalue weighted by molar-refractivity contribution is -0.213. The molecule has 1 unspecified atom stereocenters. The van der Waals surface area contributed by atoms with E-state index in [2.05, 4.69) is 5.32 Å². The minimum absolute atomic E-state index is 0.0955. The Kier molecular flexibility index (Phi) is 11.1. The first-order valence-electron chi connectivity index (χ1n) is 15.7. The number of aliphatic hydroxyl groups excluding tert-OH is 3. The van der Waals surface area contributed by atoms with Crippen molar-refractivity contribution in [2.75, 3.05) is 7.11 Å². The summed E-state index contributed by atoms with van der Waals surface area (Å²) in [4.78, 5) is 40.3. The number of carbonyl (C=O) groups excluding carboxylic acids is 3. The zero-order chi connectivity index (χ0) is 34.9. The van der Waals surface area contributed by atoms with E-state index in [1.54, 1.807) is 52.8 Å². The fourth-order valence-electron chi connectivity index (χ4n) is 6.23. The van der Waals surface area contributed by atoms with Crippen molar-refractivity contribution in [3.63, 3.8) is 0 Å². The molecule has 0 radical (unpaired) electrons. The molecule has 1 aliphatic carbocycles. The number of benzene rings is 1. The number of fused-ring (bicyclic) bond motifs is 14. The fraction of sp³-hybridized carbons (Fsp3) is 0.514. The van der Waals surface area contributed by atoms with Crippen LogP contribution in [-0.4, -0.2) is 75.7 Å². The molecule has 0 saturated heterocycles. The third-order valence-electron chi connectivity index (χ3n) is 9.39. The number of ether oxygens (including phenoxy) is 4. The second-order valence-corrected chi connectivity index (χ2v) is 12.6. The van der Waals surface area contributed by atoms with Gasteiger partial charge in [0.2, 0.25) is 18.4 Å². The van der Waals surface area contributed by atoms with E-state index < -0.39 is 83.9 Å². The lowest BCUT2D eigenvalue weighted by Crippen LogP contribution is -2.44. The maximum Gasteiger partial charge on any atom is 0.251 e. The number of carbonyl (C=O) groups is 3. The largest absolute Gasteiger partial charge is 0.507 e. The summed E-state index contributed by atoms with van der Waals surface area (Å²) in [6, 6.07) is 0. The topological polar surface area (TPSA) is 181 Å². The van der Waals surface area contributed by atoms with E-state index in [9.17, 15) is 34.8 Å². The summed E-state index contributed by atoms with van der Waals surface area (Å²) in [6.07, 6.45) is 2.67. The van der Waals surface area contributed by atoms with Crippen molar-refractivity contribution in [2.24, 2.45) is 23.7 Å². The van der Waals surface area contributed by atoms with Crippen LogP contribution in [0.2, 0.25) is 0 Å². The van der Waals surface area contributed by atoms with Crippen LogP contribution in [0.3, 0.4) is 0 Å². The molecule has 4 bridgehead atoms. The second kappa shape index (κ2) is 14.5. The molecule has 1 amide bonds. The highest BCUT2D eigenvalue weighted by Crippen LogP contribution is 2.47. The van der Waals surface area contributed by atoms with Gasteiger partial charge < -0.3 is 40.0 Å². The standard InChI is InChI=1S/C35H45NO11/c1-15-10-9-11-16(2)34(43)36-22-14-23(37)25-26(32(22)42)31(41)20(6)33-27(25)35(47-21(7)46-33)45-13-12-24(44-8)17(3)29(39)19(5)30(40)18(4)28(15)38/h9-15,17-19,21,24,28-30,35,38-41H,1-8H3,(H,36,43)/b10-9+,13-12+,16-11-/t15-,17+,18+,19-,21+,24-,28-,29+,30+,35?/m0/s1. The quantitative estimate of drug-likeness (QED) is 0.299. The number of methoxy groups -OCH3 is 1. The highest BCUT2D eigenvalue weighted by molar-refractivity contribution is 6.27. The van der Waals surface area contributed by atoms with E-state index in [0.29, 0.717) is 0 Å². The lowest BCUT2D eigenvalue weighted by Gasteiger charge is -2.36. The summed E-state index contributed by atoms with van der Waals surface area (Å²) in [5, 5.41) is 47.0. The van der Waals surface area contributed by atoms with Gasteiger partial charge in [-0.25, -0.2) is 0 Å². The number of amides is 1. The van der Waals surface area contributed by atoms with E-state index in [1.807, 2.05) is 0 Å². The predicted octanol–water partition coefficient (Wildman–Crippen LogP) is 3.52. The second-order valence-electron chi connectivity index (χ2n) is 12.6. The summed E-state index contributed by atoms with van der Waals surface area (Å²) in [5.41, 5.74) is -0.353. The van der Waals surface area contributed by atoms with E-state index in [1.165, 1.54) is 33.3 Å². The average molecular weight is 656 g/mol. The van der Waals surface area contributed by atoms with Crippen LogP contribution in [0.1, 0.15) is 79.7 Å². The molecule has 0 spiro atoms. The number of nitrogens with one attached hydrogen (secondary N) is 1. The minimum atomic E-state index is -1.25. The van der Waals surface area contributed by atoms with Crippen LogP contribution in [0.4, 0.5) is 0 Å². The Labute approximate surface area is 274 Å². The van der Waals surface area contributed by atoms with Crippen molar-refractivity contribution >= 4 is 17.5 Å². The summed E-state index contributed by atoms with van der Waals surface area (Å²) in [6.45, 7) is 11.5. The number of ketones is 2. The zero-order valence-corrected chi connectivity index (χ0v) is 27.9. The summed E-state index contributed by atoms with van der Waals surface area (Å²) in [5.74, 6) is -4.73.